The van der Waals surface area contributed by atoms with Crippen molar-refractivity contribution in [2.75, 3.05) is 13.1 Å². The van der Waals surface area contributed by atoms with E-state index in [9.17, 15) is 9.90 Å². The van der Waals surface area contributed by atoms with Crippen LogP contribution >= 0.6 is 0 Å². The zero-order valence-corrected chi connectivity index (χ0v) is 13.6. The third-order valence-electron chi connectivity index (χ3n) is 4.82. The van der Waals surface area contributed by atoms with Gasteiger partial charge in [0.1, 0.15) is 0 Å². The number of hydrogen-bond acceptors (Lipinski definition) is 5. The Morgan fingerprint density at radius 3 is 3.12 bits per heavy atom. The molecule has 2 fully saturated rings. The first kappa shape index (κ1) is 15.4. The summed E-state index contributed by atoms with van der Waals surface area (Å²) in [6.45, 7) is 0.993. The van der Waals surface area contributed by atoms with Gasteiger partial charge < -0.3 is 19.5 Å². The molecule has 1 amide bonds. The predicted octanol–water partition coefficient (Wildman–Crippen LogP) is 1.41. The monoisotopic (exact) mass is 330 g/mol. The van der Waals surface area contributed by atoms with Crippen molar-refractivity contribution in [3.05, 3.63) is 35.7 Å². The number of aromatic nitrogens is 3. The molecule has 2 aromatic heterocycles. The minimum atomic E-state index is -0.989. The largest absolute Gasteiger partial charge is 0.388 e. The minimum Gasteiger partial charge on any atom is -0.388 e. The van der Waals surface area contributed by atoms with Crippen molar-refractivity contribution in [1.29, 1.82) is 0 Å². The second kappa shape index (κ2) is 6.05. The molecule has 128 valence electrons. The highest BCUT2D eigenvalue weighted by Crippen LogP contribution is 2.38. The van der Waals surface area contributed by atoms with Crippen molar-refractivity contribution >= 4 is 5.91 Å². The fraction of sp³-hybridized carbons (Fsp3) is 0.588. The maximum absolute atomic E-state index is 12.5. The molecule has 3 heterocycles. The quantitative estimate of drug-likeness (QED) is 0.864. The summed E-state index contributed by atoms with van der Waals surface area (Å²) >= 11 is 0. The Bertz CT molecular complexity index is 707. The van der Waals surface area contributed by atoms with Gasteiger partial charge in [-0.1, -0.05) is 5.16 Å². The first-order valence-electron chi connectivity index (χ1n) is 8.56. The molecule has 2 N–H and O–H groups in total. The van der Waals surface area contributed by atoms with Gasteiger partial charge in [-0.2, -0.15) is 4.98 Å². The normalized spacial score (nSPS) is 24.3. The van der Waals surface area contributed by atoms with Crippen LogP contribution in [0.3, 0.4) is 0 Å². The standard InChI is InChI=1S/C17H22N4O3/c22-15(9-13-3-1-7-18-13)21-8-2-6-17(23,11-21)10-14-19-16(20-24-14)12-4-5-12/h1,3,7,12,18,23H,2,4-6,8-11H2. The van der Waals surface area contributed by atoms with Gasteiger partial charge in [-0.25, -0.2) is 0 Å². The zero-order valence-electron chi connectivity index (χ0n) is 13.6. The molecule has 1 saturated heterocycles. The Morgan fingerprint density at radius 1 is 1.50 bits per heavy atom. The van der Waals surface area contributed by atoms with Crippen molar-refractivity contribution < 1.29 is 14.4 Å². The molecule has 24 heavy (non-hydrogen) atoms. The van der Waals surface area contributed by atoms with Gasteiger partial charge in [-0.05, 0) is 37.8 Å². The highest BCUT2D eigenvalue weighted by atomic mass is 16.5. The Morgan fingerprint density at radius 2 is 2.38 bits per heavy atom. The molecule has 1 aliphatic carbocycles. The molecular formula is C17H22N4O3. The molecule has 0 aromatic carbocycles. The SMILES string of the molecule is O=C(Cc1ccc[nH]1)N1CCCC(O)(Cc2nc(C3CC3)no2)C1. The van der Waals surface area contributed by atoms with Gasteiger partial charge in [-0.3, -0.25) is 4.79 Å². The van der Waals surface area contributed by atoms with Crippen LogP contribution in [-0.4, -0.2) is 49.7 Å². The molecule has 7 nitrogen and oxygen atoms in total. The number of piperidine rings is 1. The van der Waals surface area contributed by atoms with E-state index in [1.165, 1.54) is 0 Å². The summed E-state index contributed by atoms with van der Waals surface area (Å²) in [6.07, 6.45) is 6.09. The smallest absolute Gasteiger partial charge is 0.229 e. The zero-order chi connectivity index (χ0) is 16.6. The van der Waals surface area contributed by atoms with Crippen molar-refractivity contribution in [2.24, 2.45) is 0 Å². The van der Waals surface area contributed by atoms with Crippen molar-refractivity contribution in [1.82, 2.24) is 20.0 Å². The van der Waals surface area contributed by atoms with Crippen LogP contribution in [0.1, 0.15) is 49.0 Å². The lowest BCUT2D eigenvalue weighted by molar-refractivity contribution is -0.137. The van der Waals surface area contributed by atoms with Crippen LogP contribution in [0.5, 0.6) is 0 Å². The van der Waals surface area contributed by atoms with Crippen molar-refractivity contribution in [3.8, 4) is 0 Å². The van der Waals surface area contributed by atoms with E-state index in [1.54, 1.807) is 4.90 Å². The lowest BCUT2D eigenvalue weighted by Crippen LogP contribution is -2.51. The fourth-order valence-electron chi connectivity index (χ4n) is 3.35. The van der Waals surface area contributed by atoms with Gasteiger partial charge in [-0.15, -0.1) is 0 Å². The first-order chi connectivity index (χ1) is 11.6. The Kier molecular flexibility index (Phi) is 3.88. The molecule has 2 aromatic rings. The molecule has 0 radical (unpaired) electrons. The van der Waals surface area contributed by atoms with Crippen LogP contribution in [0, 0.1) is 0 Å². The molecule has 4 rings (SSSR count). The van der Waals surface area contributed by atoms with Crippen LogP contribution in [0.4, 0.5) is 0 Å². The summed E-state index contributed by atoms with van der Waals surface area (Å²) in [7, 11) is 0. The average molecular weight is 330 g/mol. The number of carbonyl (C=O) groups excluding carboxylic acids is 1. The number of aromatic amines is 1. The number of hydrogen-bond donors (Lipinski definition) is 2. The first-order valence-corrected chi connectivity index (χ1v) is 8.56. The molecule has 0 bridgehead atoms. The van der Waals surface area contributed by atoms with Gasteiger partial charge in [0.2, 0.25) is 11.8 Å². The molecule has 1 atom stereocenters. The highest BCUT2D eigenvalue weighted by Gasteiger charge is 2.37. The summed E-state index contributed by atoms with van der Waals surface area (Å²) < 4.78 is 5.29. The minimum absolute atomic E-state index is 0.0276. The van der Waals surface area contributed by atoms with E-state index in [0.29, 0.717) is 44.2 Å². The maximum Gasteiger partial charge on any atom is 0.229 e. The molecular weight excluding hydrogens is 308 g/mol. The second-order valence-corrected chi connectivity index (χ2v) is 7.01. The van der Waals surface area contributed by atoms with E-state index in [1.807, 2.05) is 18.3 Å². The van der Waals surface area contributed by atoms with Gasteiger partial charge in [0.05, 0.1) is 18.4 Å². The molecule has 7 heteroatoms. The lowest BCUT2D eigenvalue weighted by atomic mass is 9.89. The summed E-state index contributed by atoms with van der Waals surface area (Å²) in [5.74, 6) is 1.68. The summed E-state index contributed by atoms with van der Waals surface area (Å²) in [5, 5.41) is 14.9. The number of aliphatic hydroxyl groups is 1. The Balaban J connectivity index is 1.39. The van der Waals surface area contributed by atoms with E-state index in [2.05, 4.69) is 15.1 Å². The van der Waals surface area contributed by atoms with E-state index in [-0.39, 0.29) is 5.91 Å². The van der Waals surface area contributed by atoms with Crippen LogP contribution in [-0.2, 0) is 17.6 Å². The average Bonchev–Trinajstić information content (AvgIpc) is 3.09. The third-order valence-corrected chi connectivity index (χ3v) is 4.82. The van der Waals surface area contributed by atoms with E-state index >= 15 is 0 Å². The predicted molar refractivity (Wildman–Crippen MR) is 85.2 cm³/mol. The number of nitrogens with one attached hydrogen (secondary N) is 1. The fourth-order valence-corrected chi connectivity index (χ4v) is 3.35. The van der Waals surface area contributed by atoms with E-state index < -0.39 is 5.60 Å². The van der Waals surface area contributed by atoms with E-state index in [0.717, 1.165) is 30.8 Å². The van der Waals surface area contributed by atoms with Crippen LogP contribution in [0.15, 0.2) is 22.9 Å². The Hall–Kier alpha value is -2.15. The third kappa shape index (κ3) is 3.36. The molecule has 1 unspecified atom stereocenters. The number of rotatable bonds is 5. The molecule has 1 saturated carbocycles. The molecule has 2 aliphatic rings. The summed E-state index contributed by atoms with van der Waals surface area (Å²) in [4.78, 5) is 21.6. The van der Waals surface area contributed by atoms with Crippen molar-refractivity contribution in [3.63, 3.8) is 0 Å². The van der Waals surface area contributed by atoms with Crippen LogP contribution in [0.25, 0.3) is 0 Å². The lowest BCUT2D eigenvalue weighted by Gasteiger charge is -2.38. The number of H-pyrrole nitrogens is 1. The number of carbonyl (C=O) groups is 1. The number of β-amino-alcohol motifs (C(OH)–C–C–N with tert-alkyl or cyclic N) is 1. The summed E-state index contributed by atoms with van der Waals surface area (Å²) in [6, 6.07) is 3.77. The number of nitrogens with zero attached hydrogens (tertiary/aromatic N) is 3. The number of likely N-dealkylation sites (tertiary alicyclic amines) is 1. The van der Waals surface area contributed by atoms with Crippen LogP contribution in [0.2, 0.25) is 0 Å². The van der Waals surface area contributed by atoms with Gasteiger partial charge in [0.15, 0.2) is 5.82 Å². The number of amides is 1. The Labute approximate surface area is 140 Å². The topological polar surface area (TPSA) is 95.2 Å². The van der Waals surface area contributed by atoms with Gasteiger partial charge >= 0.3 is 0 Å². The maximum atomic E-state index is 12.5. The van der Waals surface area contributed by atoms with Gasteiger partial charge in [0.25, 0.3) is 0 Å². The van der Waals surface area contributed by atoms with E-state index in [4.69, 9.17) is 4.52 Å². The van der Waals surface area contributed by atoms with Crippen LogP contribution < -0.4 is 0 Å². The highest BCUT2D eigenvalue weighted by molar-refractivity contribution is 5.78. The molecule has 0 spiro atoms. The summed E-state index contributed by atoms with van der Waals surface area (Å²) in [5.41, 5.74) is -0.100. The van der Waals surface area contributed by atoms with Gasteiger partial charge in [0, 0.05) is 30.9 Å². The second-order valence-electron chi connectivity index (χ2n) is 7.01. The molecule has 1 aliphatic heterocycles. The van der Waals surface area contributed by atoms with Crippen molar-refractivity contribution in [2.45, 2.75) is 50.0 Å².